The fraction of sp³-hybridized carbons (Fsp3) is 0.588. The van der Waals surface area contributed by atoms with Crippen LogP contribution in [0.1, 0.15) is 45.2 Å². The van der Waals surface area contributed by atoms with E-state index < -0.39 is 5.41 Å². The molecule has 124 valence electrons. The molecule has 0 unspecified atom stereocenters. The van der Waals surface area contributed by atoms with Crippen LogP contribution in [-0.4, -0.2) is 41.6 Å². The molecule has 2 fully saturated rings. The van der Waals surface area contributed by atoms with E-state index in [0.29, 0.717) is 19.0 Å². The van der Waals surface area contributed by atoms with Gasteiger partial charge in [-0.3, -0.25) is 9.69 Å². The van der Waals surface area contributed by atoms with Crippen molar-refractivity contribution in [2.24, 2.45) is 5.41 Å². The Morgan fingerprint density at radius 1 is 1.35 bits per heavy atom. The molecule has 0 spiro atoms. The van der Waals surface area contributed by atoms with E-state index in [2.05, 4.69) is 4.98 Å². The van der Waals surface area contributed by atoms with Crippen molar-refractivity contribution in [1.82, 2.24) is 9.88 Å². The highest BCUT2D eigenvalue weighted by molar-refractivity contribution is 5.88. The molecule has 0 aliphatic carbocycles. The summed E-state index contributed by atoms with van der Waals surface area (Å²) in [6, 6.07) is 3.90. The Kier molecular flexibility index (Phi) is 4.00. The number of carbonyl (C=O) groups excluding carboxylic acids is 2. The van der Waals surface area contributed by atoms with Gasteiger partial charge in [0.25, 0.3) is 0 Å². The van der Waals surface area contributed by atoms with Crippen LogP contribution in [0, 0.1) is 5.41 Å². The van der Waals surface area contributed by atoms with Gasteiger partial charge in [-0.2, -0.15) is 0 Å². The van der Waals surface area contributed by atoms with Gasteiger partial charge in [-0.15, -0.1) is 0 Å². The maximum Gasteiger partial charge on any atom is 0.415 e. The molecule has 2 saturated heterocycles. The first kappa shape index (κ1) is 15.8. The summed E-state index contributed by atoms with van der Waals surface area (Å²) in [6.45, 7) is 7.53. The van der Waals surface area contributed by atoms with Crippen LogP contribution in [0.3, 0.4) is 0 Å². The van der Waals surface area contributed by atoms with Crippen molar-refractivity contribution < 1.29 is 14.3 Å². The normalized spacial score (nSPS) is 21.7. The van der Waals surface area contributed by atoms with Crippen molar-refractivity contribution >= 4 is 17.8 Å². The number of ether oxygens (including phenoxy) is 1. The molecule has 23 heavy (non-hydrogen) atoms. The van der Waals surface area contributed by atoms with Crippen LogP contribution in [-0.2, 0) is 9.53 Å². The Bertz CT molecular complexity index is 624. The highest BCUT2D eigenvalue weighted by Gasteiger charge is 2.36. The molecule has 0 N–H and O–H groups in total. The largest absolute Gasteiger partial charge is 0.447 e. The number of nitrogens with zero attached hydrogens (tertiary/aromatic N) is 3. The lowest BCUT2D eigenvalue weighted by atomic mass is 9.93. The molecule has 6 nitrogen and oxygen atoms in total. The molecule has 2 aliphatic rings. The van der Waals surface area contributed by atoms with E-state index in [1.54, 1.807) is 6.20 Å². The quantitative estimate of drug-likeness (QED) is 0.841. The van der Waals surface area contributed by atoms with Crippen molar-refractivity contribution in [1.29, 1.82) is 0 Å². The molecule has 1 aromatic rings. The number of rotatable bonds is 2. The van der Waals surface area contributed by atoms with Crippen LogP contribution in [0.15, 0.2) is 18.3 Å². The average Bonchev–Trinajstić information content (AvgIpc) is 3.14. The number of aromatic nitrogens is 1. The standard InChI is InChI=1S/C17H23N3O3/c1-17(2,3)15(21)19-8-4-5-13(19)12-6-7-18-14(11-12)20-9-10-23-16(20)22/h6-7,11,13H,4-5,8-10H2,1-3H3/t13-/m1/s1. The van der Waals surface area contributed by atoms with Crippen LogP contribution in [0.4, 0.5) is 10.6 Å². The van der Waals surface area contributed by atoms with Gasteiger partial charge in [0.1, 0.15) is 12.4 Å². The number of hydrogen-bond acceptors (Lipinski definition) is 4. The molecule has 0 aromatic carbocycles. The van der Waals surface area contributed by atoms with E-state index in [1.807, 2.05) is 37.8 Å². The summed E-state index contributed by atoms with van der Waals surface area (Å²) in [4.78, 5) is 32.2. The van der Waals surface area contributed by atoms with Crippen molar-refractivity contribution in [3.05, 3.63) is 23.9 Å². The van der Waals surface area contributed by atoms with E-state index in [1.165, 1.54) is 4.90 Å². The van der Waals surface area contributed by atoms with Crippen molar-refractivity contribution in [3.63, 3.8) is 0 Å². The van der Waals surface area contributed by atoms with E-state index in [-0.39, 0.29) is 18.0 Å². The minimum atomic E-state index is -0.392. The zero-order chi connectivity index (χ0) is 16.6. The summed E-state index contributed by atoms with van der Waals surface area (Å²) in [5.74, 6) is 0.763. The van der Waals surface area contributed by atoms with Gasteiger partial charge in [0, 0.05) is 18.2 Å². The zero-order valence-electron chi connectivity index (χ0n) is 13.9. The molecule has 2 aliphatic heterocycles. The molecule has 6 heteroatoms. The Hall–Kier alpha value is -2.11. The molecule has 1 atom stereocenters. The highest BCUT2D eigenvalue weighted by Crippen LogP contribution is 2.36. The minimum absolute atomic E-state index is 0.0575. The lowest BCUT2D eigenvalue weighted by Gasteiger charge is -2.31. The SMILES string of the molecule is CC(C)(C)C(=O)N1CCC[C@@H]1c1ccnc(N2CCOC2=O)c1. The van der Waals surface area contributed by atoms with Gasteiger partial charge >= 0.3 is 6.09 Å². The summed E-state index contributed by atoms with van der Waals surface area (Å²) in [5.41, 5.74) is 0.641. The van der Waals surface area contributed by atoms with Gasteiger partial charge in [-0.25, -0.2) is 9.78 Å². The molecule has 3 rings (SSSR count). The second-order valence-corrected chi connectivity index (χ2v) is 7.12. The fourth-order valence-corrected chi connectivity index (χ4v) is 3.18. The summed E-state index contributed by atoms with van der Waals surface area (Å²) in [7, 11) is 0. The molecule has 0 bridgehead atoms. The molecule has 1 aromatic heterocycles. The Morgan fingerprint density at radius 3 is 2.78 bits per heavy atom. The summed E-state index contributed by atoms with van der Waals surface area (Å²) in [6.07, 6.45) is 3.28. The van der Waals surface area contributed by atoms with Crippen LogP contribution < -0.4 is 4.90 Å². The van der Waals surface area contributed by atoms with Gasteiger partial charge in [0.2, 0.25) is 5.91 Å². The Balaban J connectivity index is 1.86. The zero-order valence-corrected chi connectivity index (χ0v) is 13.9. The van der Waals surface area contributed by atoms with Crippen molar-refractivity contribution in [2.75, 3.05) is 24.6 Å². The van der Waals surface area contributed by atoms with Crippen molar-refractivity contribution in [2.45, 2.75) is 39.7 Å². The fourth-order valence-electron chi connectivity index (χ4n) is 3.18. The lowest BCUT2D eigenvalue weighted by molar-refractivity contribution is -0.140. The highest BCUT2D eigenvalue weighted by atomic mass is 16.6. The minimum Gasteiger partial charge on any atom is -0.447 e. The molecular formula is C17H23N3O3. The molecule has 0 saturated carbocycles. The number of likely N-dealkylation sites (tertiary alicyclic amines) is 1. The third kappa shape index (κ3) is 3.02. The van der Waals surface area contributed by atoms with Crippen LogP contribution in [0.2, 0.25) is 0 Å². The second kappa shape index (κ2) is 5.83. The van der Waals surface area contributed by atoms with Crippen LogP contribution >= 0.6 is 0 Å². The first-order valence-corrected chi connectivity index (χ1v) is 8.09. The first-order valence-electron chi connectivity index (χ1n) is 8.09. The first-order chi connectivity index (χ1) is 10.9. The summed E-state index contributed by atoms with van der Waals surface area (Å²) < 4.78 is 4.97. The number of pyridine rings is 1. The van der Waals surface area contributed by atoms with Gasteiger partial charge in [0.05, 0.1) is 12.6 Å². The van der Waals surface area contributed by atoms with Gasteiger partial charge in [0.15, 0.2) is 0 Å². The van der Waals surface area contributed by atoms with E-state index >= 15 is 0 Å². The summed E-state index contributed by atoms with van der Waals surface area (Å²) >= 11 is 0. The van der Waals surface area contributed by atoms with E-state index in [9.17, 15) is 9.59 Å². The molecule has 0 radical (unpaired) electrons. The van der Waals surface area contributed by atoms with Gasteiger partial charge in [-0.05, 0) is 30.5 Å². The number of anilines is 1. The Morgan fingerprint density at radius 2 is 2.13 bits per heavy atom. The van der Waals surface area contributed by atoms with E-state index in [4.69, 9.17) is 4.74 Å². The Labute approximate surface area is 136 Å². The molecular weight excluding hydrogens is 294 g/mol. The predicted octanol–water partition coefficient (Wildman–Crippen LogP) is 2.75. The molecule has 3 heterocycles. The number of hydrogen-bond donors (Lipinski definition) is 0. The number of cyclic esters (lactones) is 1. The van der Waals surface area contributed by atoms with Crippen LogP contribution in [0.5, 0.6) is 0 Å². The van der Waals surface area contributed by atoms with Gasteiger partial charge < -0.3 is 9.64 Å². The molecule has 2 amide bonds. The number of carbonyl (C=O) groups is 2. The predicted molar refractivity (Wildman–Crippen MR) is 86.1 cm³/mol. The summed E-state index contributed by atoms with van der Waals surface area (Å²) in [5, 5.41) is 0. The van der Waals surface area contributed by atoms with Gasteiger partial charge in [-0.1, -0.05) is 20.8 Å². The monoisotopic (exact) mass is 317 g/mol. The smallest absolute Gasteiger partial charge is 0.415 e. The third-order valence-corrected chi connectivity index (χ3v) is 4.35. The average molecular weight is 317 g/mol. The maximum absolute atomic E-state index is 12.7. The third-order valence-electron chi connectivity index (χ3n) is 4.35. The second-order valence-electron chi connectivity index (χ2n) is 7.12. The van der Waals surface area contributed by atoms with E-state index in [0.717, 1.165) is 24.9 Å². The lowest BCUT2D eigenvalue weighted by Crippen LogP contribution is -2.39. The maximum atomic E-state index is 12.7. The topological polar surface area (TPSA) is 62.7 Å². The van der Waals surface area contributed by atoms with Crippen molar-refractivity contribution in [3.8, 4) is 0 Å². The number of amides is 2. The van der Waals surface area contributed by atoms with Crippen LogP contribution in [0.25, 0.3) is 0 Å².